The maximum absolute atomic E-state index is 10.7. The second-order valence-electron chi connectivity index (χ2n) is 6.81. The molecule has 0 radical (unpaired) electrons. The van der Waals surface area contributed by atoms with Crippen molar-refractivity contribution in [1.82, 2.24) is 0 Å². The normalized spacial score (nSPS) is 38.3. The summed E-state index contributed by atoms with van der Waals surface area (Å²) in [7, 11) is 0. The van der Waals surface area contributed by atoms with Crippen LogP contribution in [0.15, 0.2) is 23.8 Å². The van der Waals surface area contributed by atoms with Gasteiger partial charge in [0.15, 0.2) is 0 Å². The molecule has 1 saturated carbocycles. The first-order valence-electron chi connectivity index (χ1n) is 7.31. The van der Waals surface area contributed by atoms with Gasteiger partial charge >= 0.3 is 0 Å². The van der Waals surface area contributed by atoms with Crippen LogP contribution in [0.2, 0.25) is 0 Å². The van der Waals surface area contributed by atoms with E-state index in [9.17, 15) is 10.1 Å². The number of fused-ring (bicyclic) bond motifs is 1. The summed E-state index contributed by atoms with van der Waals surface area (Å²) in [5, 5.41) is 10.7. The topological polar surface area (TPSA) is 43.1 Å². The smallest absolute Gasteiger partial charge is 0.210 e. The quantitative estimate of drug-likeness (QED) is 0.434. The molecule has 0 aromatic heterocycles. The van der Waals surface area contributed by atoms with Crippen LogP contribution >= 0.6 is 0 Å². The highest BCUT2D eigenvalue weighted by molar-refractivity contribution is 5.24. The average Bonchev–Trinajstić information content (AvgIpc) is 2.29. The number of nitro groups is 1. The van der Waals surface area contributed by atoms with E-state index >= 15 is 0 Å². The average molecular weight is 263 g/mol. The van der Waals surface area contributed by atoms with Gasteiger partial charge in [-0.1, -0.05) is 37.6 Å². The van der Waals surface area contributed by atoms with Gasteiger partial charge < -0.3 is 0 Å². The lowest BCUT2D eigenvalue weighted by Gasteiger charge is -2.48. The van der Waals surface area contributed by atoms with Crippen molar-refractivity contribution in [1.29, 1.82) is 0 Å². The molecule has 106 valence electrons. The van der Waals surface area contributed by atoms with E-state index in [1.165, 1.54) is 17.6 Å². The van der Waals surface area contributed by atoms with Crippen molar-refractivity contribution >= 4 is 0 Å². The molecule has 0 amide bonds. The van der Waals surface area contributed by atoms with E-state index in [0.717, 1.165) is 19.3 Å². The summed E-state index contributed by atoms with van der Waals surface area (Å²) in [4.78, 5) is 10.6. The van der Waals surface area contributed by atoms with Gasteiger partial charge in [-0.25, -0.2) is 0 Å². The van der Waals surface area contributed by atoms with Crippen molar-refractivity contribution in [3.8, 4) is 0 Å². The molecule has 1 fully saturated rings. The summed E-state index contributed by atoms with van der Waals surface area (Å²) in [6.45, 7) is 11.0. The van der Waals surface area contributed by atoms with Gasteiger partial charge in [0.25, 0.3) is 0 Å². The first kappa shape index (κ1) is 14.3. The van der Waals surface area contributed by atoms with Gasteiger partial charge in [-0.05, 0) is 49.9 Å². The Labute approximate surface area is 115 Å². The first-order valence-corrected chi connectivity index (χ1v) is 7.31. The molecule has 2 aliphatic carbocycles. The van der Waals surface area contributed by atoms with E-state index < -0.39 is 0 Å². The van der Waals surface area contributed by atoms with Crippen molar-refractivity contribution in [2.24, 2.45) is 23.2 Å². The number of hydrogen-bond donors (Lipinski definition) is 0. The molecule has 0 saturated heterocycles. The number of allylic oxidation sites excluding steroid dienone is 2. The van der Waals surface area contributed by atoms with Gasteiger partial charge in [-0.3, -0.25) is 10.1 Å². The molecule has 0 heterocycles. The molecule has 0 aromatic rings. The molecule has 0 aliphatic heterocycles. The predicted octanol–water partition coefficient (Wildman–Crippen LogP) is 4.23. The van der Waals surface area contributed by atoms with Crippen LogP contribution in [-0.2, 0) is 0 Å². The lowest BCUT2D eigenvalue weighted by atomic mass is 9.56. The van der Waals surface area contributed by atoms with Crippen molar-refractivity contribution in [3.63, 3.8) is 0 Å². The van der Waals surface area contributed by atoms with E-state index in [1.807, 2.05) is 0 Å². The lowest BCUT2D eigenvalue weighted by molar-refractivity contribution is -0.486. The van der Waals surface area contributed by atoms with Crippen LogP contribution in [0, 0.1) is 33.3 Å². The summed E-state index contributed by atoms with van der Waals surface area (Å²) in [6, 6.07) is 0. The summed E-state index contributed by atoms with van der Waals surface area (Å²) in [5.74, 6) is 1.28. The molecular formula is C16H25NO2. The molecular weight excluding hydrogens is 238 g/mol. The molecule has 3 heteroatoms. The van der Waals surface area contributed by atoms with E-state index in [-0.39, 0.29) is 22.8 Å². The zero-order chi connectivity index (χ0) is 14.2. The Hall–Kier alpha value is -1.12. The van der Waals surface area contributed by atoms with Gasteiger partial charge in [-0.15, -0.1) is 0 Å². The fourth-order valence-corrected chi connectivity index (χ4v) is 3.96. The van der Waals surface area contributed by atoms with Gasteiger partial charge in [0.1, 0.15) is 0 Å². The van der Waals surface area contributed by atoms with Gasteiger partial charge in [-0.2, -0.15) is 0 Å². The third kappa shape index (κ3) is 2.75. The second kappa shape index (κ2) is 5.10. The Bertz CT molecular complexity index is 426. The standard InChI is InChI=1S/C16H25NO2/c1-11(2)14-5-6-15-8-13(10-17(18)19)7-12(3)16(15,4)9-14/h8,12-14H,1,5-7,9-10H2,2-4H3/t12-,13?,14-,16+/m1/s1. The Morgan fingerprint density at radius 2 is 2.32 bits per heavy atom. The molecule has 0 N–H and O–H groups in total. The minimum Gasteiger partial charge on any atom is -0.265 e. The van der Waals surface area contributed by atoms with Crippen LogP contribution in [0.3, 0.4) is 0 Å². The van der Waals surface area contributed by atoms with Crippen LogP contribution in [0.4, 0.5) is 0 Å². The maximum Gasteiger partial charge on any atom is 0.210 e. The van der Waals surface area contributed by atoms with Gasteiger partial charge in [0.05, 0.1) is 0 Å². The van der Waals surface area contributed by atoms with Crippen LogP contribution in [0.1, 0.15) is 46.5 Å². The Kier molecular flexibility index (Phi) is 3.84. The highest BCUT2D eigenvalue weighted by Gasteiger charge is 2.44. The zero-order valence-corrected chi connectivity index (χ0v) is 12.3. The Morgan fingerprint density at radius 3 is 2.89 bits per heavy atom. The first-order chi connectivity index (χ1) is 8.83. The van der Waals surface area contributed by atoms with Crippen LogP contribution < -0.4 is 0 Å². The minimum absolute atomic E-state index is 0.0911. The van der Waals surface area contributed by atoms with Crippen LogP contribution in [0.5, 0.6) is 0 Å². The minimum atomic E-state index is -0.170. The zero-order valence-electron chi connectivity index (χ0n) is 12.3. The molecule has 19 heavy (non-hydrogen) atoms. The fraction of sp³-hybridized carbons (Fsp3) is 0.750. The van der Waals surface area contributed by atoms with Crippen LogP contribution in [-0.4, -0.2) is 11.5 Å². The molecule has 3 nitrogen and oxygen atoms in total. The van der Waals surface area contributed by atoms with Gasteiger partial charge in [0, 0.05) is 10.8 Å². The fourth-order valence-electron chi connectivity index (χ4n) is 3.96. The Morgan fingerprint density at radius 1 is 1.63 bits per heavy atom. The molecule has 0 aromatic carbocycles. The Balaban J connectivity index is 2.21. The number of nitrogens with zero attached hydrogens (tertiary/aromatic N) is 1. The van der Waals surface area contributed by atoms with Gasteiger partial charge in [0.2, 0.25) is 6.54 Å². The SMILES string of the molecule is C=C(C)[C@@H]1CCC2=CC(C[N+](=O)[O-])C[C@@H](C)[C@]2(C)C1. The van der Waals surface area contributed by atoms with Crippen molar-refractivity contribution in [2.45, 2.75) is 46.5 Å². The molecule has 4 atom stereocenters. The molecule has 0 bridgehead atoms. The molecule has 2 aliphatic rings. The highest BCUT2D eigenvalue weighted by Crippen LogP contribution is 2.54. The molecule has 1 unspecified atom stereocenters. The van der Waals surface area contributed by atoms with E-state index in [0.29, 0.717) is 11.8 Å². The third-order valence-electron chi connectivity index (χ3n) is 5.43. The molecule has 0 spiro atoms. The van der Waals surface area contributed by atoms with E-state index in [1.54, 1.807) is 0 Å². The maximum atomic E-state index is 10.7. The number of rotatable bonds is 3. The highest BCUT2D eigenvalue weighted by atomic mass is 16.6. The van der Waals surface area contributed by atoms with E-state index in [4.69, 9.17) is 0 Å². The summed E-state index contributed by atoms with van der Waals surface area (Å²) >= 11 is 0. The number of hydrogen-bond acceptors (Lipinski definition) is 2. The van der Waals surface area contributed by atoms with Crippen molar-refractivity contribution < 1.29 is 4.92 Å². The third-order valence-corrected chi connectivity index (χ3v) is 5.43. The largest absolute Gasteiger partial charge is 0.265 e. The summed E-state index contributed by atoms with van der Waals surface area (Å²) < 4.78 is 0. The van der Waals surface area contributed by atoms with E-state index in [2.05, 4.69) is 33.4 Å². The lowest BCUT2D eigenvalue weighted by Crippen LogP contribution is -2.39. The van der Waals surface area contributed by atoms with Crippen LogP contribution in [0.25, 0.3) is 0 Å². The predicted molar refractivity (Wildman–Crippen MR) is 77.5 cm³/mol. The second-order valence-corrected chi connectivity index (χ2v) is 6.81. The molecule has 2 rings (SSSR count). The monoisotopic (exact) mass is 263 g/mol. The summed E-state index contributed by atoms with van der Waals surface area (Å²) in [5.41, 5.74) is 2.99. The summed E-state index contributed by atoms with van der Waals surface area (Å²) in [6.07, 6.45) is 6.59. The van der Waals surface area contributed by atoms with Crippen molar-refractivity contribution in [3.05, 3.63) is 33.9 Å². The van der Waals surface area contributed by atoms with Crippen molar-refractivity contribution in [2.75, 3.05) is 6.54 Å².